The predicted octanol–water partition coefficient (Wildman–Crippen LogP) is 7.52. The molecule has 1 spiro atoms. The van der Waals surface area contributed by atoms with Crippen molar-refractivity contribution in [2.75, 3.05) is 0 Å². The standard InChI is InChI=1S/C30H31N3O/c1-28(2,3)27-32-25-19-11-7-6-10-18(19)12-13-20(25)26-31-23-16-21-22(17-24(23)33(26)27)30(14-8-9-15-30)34-29(21,4)5/h6-7,10-13,16-17H,8-9,14-15H2,1-5H3. The Bertz CT molecular complexity index is 1650. The number of fused-ring (bicyclic) bond motifs is 9. The van der Waals surface area contributed by atoms with Crippen LogP contribution in [-0.2, 0) is 21.4 Å². The average Bonchev–Trinajstić information content (AvgIpc) is 3.46. The lowest BCUT2D eigenvalue weighted by Gasteiger charge is -2.28. The van der Waals surface area contributed by atoms with Crippen molar-refractivity contribution in [1.29, 1.82) is 0 Å². The quantitative estimate of drug-likeness (QED) is 0.230. The van der Waals surface area contributed by atoms with E-state index in [9.17, 15) is 0 Å². The molecular formula is C30H31N3O. The molecule has 34 heavy (non-hydrogen) atoms. The summed E-state index contributed by atoms with van der Waals surface area (Å²) in [7, 11) is 0. The molecule has 2 aliphatic rings. The molecule has 1 saturated carbocycles. The van der Waals surface area contributed by atoms with E-state index in [0.717, 1.165) is 46.2 Å². The van der Waals surface area contributed by atoms with Crippen molar-refractivity contribution in [3.05, 3.63) is 65.5 Å². The van der Waals surface area contributed by atoms with Gasteiger partial charge in [0.05, 0.1) is 27.8 Å². The minimum absolute atomic E-state index is 0.142. The summed E-state index contributed by atoms with van der Waals surface area (Å²) in [6.45, 7) is 11.2. The fraction of sp³-hybridized carbons (Fsp3) is 0.400. The van der Waals surface area contributed by atoms with E-state index in [1.807, 2.05) is 0 Å². The van der Waals surface area contributed by atoms with Crippen molar-refractivity contribution in [3.8, 4) is 0 Å². The molecule has 172 valence electrons. The SMILES string of the molecule is CC(C)(C)c1nc2c3ccccc3ccc2c2nc3cc4c(cc3n12)C1(CCCC1)OC4(C)C. The topological polar surface area (TPSA) is 39.4 Å². The highest BCUT2D eigenvalue weighted by Gasteiger charge is 2.50. The summed E-state index contributed by atoms with van der Waals surface area (Å²) in [6, 6.07) is 17.6. The molecule has 0 radical (unpaired) electrons. The first-order valence-corrected chi connectivity index (χ1v) is 12.6. The molecular weight excluding hydrogens is 418 g/mol. The maximum Gasteiger partial charge on any atom is 0.148 e. The van der Waals surface area contributed by atoms with Gasteiger partial charge in [0.1, 0.15) is 11.5 Å². The second kappa shape index (κ2) is 6.37. The Morgan fingerprint density at radius 3 is 2.41 bits per heavy atom. The van der Waals surface area contributed by atoms with Gasteiger partial charge in [-0.15, -0.1) is 0 Å². The molecule has 2 aromatic heterocycles. The minimum atomic E-state index is -0.299. The zero-order chi connectivity index (χ0) is 23.5. The number of ether oxygens (including phenoxy) is 1. The van der Waals surface area contributed by atoms with Crippen LogP contribution in [0.1, 0.15) is 77.3 Å². The van der Waals surface area contributed by atoms with E-state index in [-0.39, 0.29) is 16.6 Å². The second-order valence-electron chi connectivity index (χ2n) is 11.8. The molecule has 3 aromatic carbocycles. The molecule has 0 saturated heterocycles. The molecule has 4 nitrogen and oxygen atoms in total. The summed E-state index contributed by atoms with van der Waals surface area (Å²) in [5.41, 5.74) is 6.27. The molecule has 3 heterocycles. The second-order valence-corrected chi connectivity index (χ2v) is 11.8. The molecule has 0 unspecified atom stereocenters. The zero-order valence-electron chi connectivity index (χ0n) is 20.7. The molecule has 4 heteroatoms. The Balaban J connectivity index is 1.65. The molecule has 1 aliphatic heterocycles. The van der Waals surface area contributed by atoms with E-state index in [4.69, 9.17) is 14.7 Å². The third-order valence-electron chi connectivity index (χ3n) is 8.04. The zero-order valence-corrected chi connectivity index (χ0v) is 20.7. The number of nitrogens with zero attached hydrogens (tertiary/aromatic N) is 3. The Morgan fingerprint density at radius 1 is 0.882 bits per heavy atom. The Morgan fingerprint density at radius 2 is 1.65 bits per heavy atom. The highest BCUT2D eigenvalue weighted by Crippen LogP contribution is 2.55. The summed E-state index contributed by atoms with van der Waals surface area (Å²) in [6.07, 6.45) is 4.66. The van der Waals surface area contributed by atoms with Crippen LogP contribution < -0.4 is 0 Å². The predicted molar refractivity (Wildman–Crippen MR) is 138 cm³/mol. The number of aromatic nitrogens is 3. The van der Waals surface area contributed by atoms with Gasteiger partial charge in [-0.3, -0.25) is 4.40 Å². The van der Waals surface area contributed by atoms with Gasteiger partial charge in [0, 0.05) is 16.2 Å². The van der Waals surface area contributed by atoms with Crippen molar-refractivity contribution >= 4 is 38.4 Å². The van der Waals surface area contributed by atoms with Gasteiger partial charge >= 0.3 is 0 Å². The molecule has 1 fully saturated rings. The van der Waals surface area contributed by atoms with E-state index in [1.54, 1.807) is 0 Å². The van der Waals surface area contributed by atoms with Crippen molar-refractivity contribution in [1.82, 2.24) is 14.4 Å². The lowest BCUT2D eigenvalue weighted by atomic mass is 9.87. The van der Waals surface area contributed by atoms with Crippen molar-refractivity contribution in [3.63, 3.8) is 0 Å². The first-order chi connectivity index (χ1) is 16.2. The van der Waals surface area contributed by atoms with Gasteiger partial charge in [0.15, 0.2) is 0 Å². The van der Waals surface area contributed by atoms with Gasteiger partial charge in [-0.1, -0.05) is 63.9 Å². The molecule has 0 atom stereocenters. The molecule has 5 aromatic rings. The van der Waals surface area contributed by atoms with Crippen LogP contribution in [0.2, 0.25) is 0 Å². The third kappa shape index (κ3) is 2.58. The summed E-state index contributed by atoms with van der Waals surface area (Å²) >= 11 is 0. The van der Waals surface area contributed by atoms with Gasteiger partial charge in [-0.25, -0.2) is 9.97 Å². The maximum atomic E-state index is 6.78. The number of benzene rings is 3. The number of hydrogen-bond acceptors (Lipinski definition) is 3. The number of imidazole rings is 1. The normalized spacial score (nSPS) is 19.2. The van der Waals surface area contributed by atoms with Crippen LogP contribution in [0.5, 0.6) is 0 Å². The lowest BCUT2D eigenvalue weighted by Crippen LogP contribution is -2.25. The number of rotatable bonds is 0. The third-order valence-corrected chi connectivity index (χ3v) is 8.04. The lowest BCUT2D eigenvalue weighted by molar-refractivity contribution is -0.122. The minimum Gasteiger partial charge on any atom is -0.360 e. The van der Waals surface area contributed by atoms with Crippen LogP contribution in [-0.4, -0.2) is 14.4 Å². The first kappa shape index (κ1) is 20.4. The molecule has 0 N–H and O–H groups in total. The van der Waals surface area contributed by atoms with E-state index in [1.165, 1.54) is 34.7 Å². The van der Waals surface area contributed by atoms with Crippen molar-refractivity contribution < 1.29 is 4.74 Å². The van der Waals surface area contributed by atoms with E-state index >= 15 is 0 Å². The van der Waals surface area contributed by atoms with E-state index in [2.05, 4.69) is 87.6 Å². The monoisotopic (exact) mass is 449 g/mol. The van der Waals surface area contributed by atoms with Crippen molar-refractivity contribution in [2.45, 2.75) is 76.9 Å². The first-order valence-electron chi connectivity index (χ1n) is 12.6. The fourth-order valence-electron chi connectivity index (χ4n) is 6.52. The van der Waals surface area contributed by atoms with Crippen LogP contribution >= 0.6 is 0 Å². The van der Waals surface area contributed by atoms with Gasteiger partial charge in [0.25, 0.3) is 0 Å². The van der Waals surface area contributed by atoms with Gasteiger partial charge in [-0.05, 0) is 61.4 Å². The average molecular weight is 450 g/mol. The molecule has 0 bridgehead atoms. The van der Waals surface area contributed by atoms with Crippen LogP contribution in [0.3, 0.4) is 0 Å². The van der Waals surface area contributed by atoms with Crippen molar-refractivity contribution in [2.24, 2.45) is 0 Å². The van der Waals surface area contributed by atoms with E-state index < -0.39 is 0 Å². The summed E-state index contributed by atoms with van der Waals surface area (Å²) in [5.74, 6) is 1.05. The fourth-order valence-corrected chi connectivity index (χ4v) is 6.52. The van der Waals surface area contributed by atoms with Gasteiger partial charge in [-0.2, -0.15) is 0 Å². The Kier molecular flexibility index (Phi) is 3.82. The molecule has 1 aliphatic carbocycles. The largest absolute Gasteiger partial charge is 0.360 e. The van der Waals surface area contributed by atoms with E-state index in [0.29, 0.717) is 0 Å². The van der Waals surface area contributed by atoms with Gasteiger partial charge in [0.2, 0.25) is 0 Å². The highest BCUT2D eigenvalue weighted by molar-refractivity contribution is 6.10. The summed E-state index contributed by atoms with van der Waals surface area (Å²) in [4.78, 5) is 10.6. The highest BCUT2D eigenvalue weighted by atomic mass is 16.5. The molecule has 7 rings (SSSR count). The smallest absolute Gasteiger partial charge is 0.148 e. The Labute approximate surface area is 200 Å². The maximum absolute atomic E-state index is 6.78. The number of hydrogen-bond donors (Lipinski definition) is 0. The van der Waals surface area contributed by atoms with Crippen LogP contribution in [0.25, 0.3) is 38.4 Å². The Hall–Kier alpha value is -2.98. The molecule has 0 amide bonds. The summed E-state index contributed by atoms with van der Waals surface area (Å²) < 4.78 is 9.10. The summed E-state index contributed by atoms with van der Waals surface area (Å²) in [5, 5.41) is 3.50. The van der Waals surface area contributed by atoms with Crippen LogP contribution in [0.4, 0.5) is 0 Å². The van der Waals surface area contributed by atoms with Crippen LogP contribution in [0, 0.1) is 0 Å². The van der Waals surface area contributed by atoms with Gasteiger partial charge < -0.3 is 4.74 Å². The van der Waals surface area contributed by atoms with Crippen LogP contribution in [0.15, 0.2) is 48.5 Å².